The van der Waals surface area contributed by atoms with Crippen molar-refractivity contribution in [3.05, 3.63) is 34.9 Å². The van der Waals surface area contributed by atoms with Crippen LogP contribution in [0.3, 0.4) is 0 Å². The SMILES string of the molecule is NC(=S)CCc1cccc(Cl)c1. The molecule has 2 N–H and O–H groups in total. The summed E-state index contributed by atoms with van der Waals surface area (Å²) in [6, 6.07) is 7.73. The van der Waals surface area contributed by atoms with Gasteiger partial charge in [0.15, 0.2) is 0 Å². The highest BCUT2D eigenvalue weighted by Gasteiger charge is 1.95. The number of rotatable bonds is 3. The molecule has 0 amide bonds. The largest absolute Gasteiger partial charge is 0.393 e. The summed E-state index contributed by atoms with van der Waals surface area (Å²) in [6.07, 6.45) is 1.62. The van der Waals surface area contributed by atoms with E-state index in [1.807, 2.05) is 24.3 Å². The lowest BCUT2D eigenvalue weighted by Gasteiger charge is -1.99. The molecular weight excluding hydrogens is 190 g/mol. The molecule has 1 nitrogen and oxygen atoms in total. The Bertz CT molecular complexity index is 286. The molecule has 0 radical (unpaired) electrons. The number of halogens is 1. The molecule has 0 atom stereocenters. The molecule has 64 valence electrons. The average molecular weight is 200 g/mol. The van der Waals surface area contributed by atoms with Crippen LogP contribution in [-0.4, -0.2) is 4.99 Å². The van der Waals surface area contributed by atoms with E-state index in [-0.39, 0.29) is 0 Å². The van der Waals surface area contributed by atoms with Crippen LogP contribution in [0, 0.1) is 0 Å². The molecule has 0 saturated carbocycles. The fourth-order valence-electron chi connectivity index (χ4n) is 0.960. The Balaban J connectivity index is 2.57. The zero-order chi connectivity index (χ0) is 8.97. The molecule has 0 unspecified atom stereocenters. The molecule has 0 fully saturated rings. The molecule has 3 heteroatoms. The average Bonchev–Trinajstić information content (AvgIpc) is 2.01. The normalized spacial score (nSPS) is 9.75. The Hall–Kier alpha value is -0.600. The van der Waals surface area contributed by atoms with Crippen LogP contribution in [0.4, 0.5) is 0 Å². The second kappa shape index (κ2) is 4.43. The molecule has 1 aromatic rings. The van der Waals surface area contributed by atoms with Crippen LogP contribution in [0.5, 0.6) is 0 Å². The lowest BCUT2D eigenvalue weighted by Crippen LogP contribution is -2.08. The zero-order valence-corrected chi connectivity index (χ0v) is 8.16. The van der Waals surface area contributed by atoms with Gasteiger partial charge in [0.1, 0.15) is 0 Å². The molecule has 0 bridgehead atoms. The maximum Gasteiger partial charge on any atom is 0.0730 e. The van der Waals surface area contributed by atoms with Crippen molar-refractivity contribution in [2.75, 3.05) is 0 Å². The summed E-state index contributed by atoms with van der Waals surface area (Å²) < 4.78 is 0. The molecule has 1 aromatic carbocycles. The van der Waals surface area contributed by atoms with Gasteiger partial charge < -0.3 is 5.73 Å². The number of benzene rings is 1. The van der Waals surface area contributed by atoms with Crippen molar-refractivity contribution in [3.8, 4) is 0 Å². The number of hydrogen-bond donors (Lipinski definition) is 1. The van der Waals surface area contributed by atoms with Crippen molar-refractivity contribution in [2.24, 2.45) is 5.73 Å². The molecule has 0 heterocycles. The molecule has 12 heavy (non-hydrogen) atoms. The van der Waals surface area contributed by atoms with E-state index in [0.717, 1.165) is 17.9 Å². The van der Waals surface area contributed by atoms with Crippen LogP contribution in [0.15, 0.2) is 24.3 Å². The molecular formula is C9H10ClNS. The first-order valence-corrected chi connectivity index (χ1v) is 4.50. The van der Waals surface area contributed by atoms with Crippen molar-refractivity contribution in [1.29, 1.82) is 0 Å². The summed E-state index contributed by atoms with van der Waals surface area (Å²) in [4.78, 5) is 0.551. The molecule has 0 saturated heterocycles. The van der Waals surface area contributed by atoms with E-state index >= 15 is 0 Å². The monoisotopic (exact) mass is 199 g/mol. The van der Waals surface area contributed by atoms with Crippen molar-refractivity contribution in [2.45, 2.75) is 12.8 Å². The van der Waals surface area contributed by atoms with Gasteiger partial charge in [0.2, 0.25) is 0 Å². The highest BCUT2D eigenvalue weighted by Crippen LogP contribution is 2.11. The Kier molecular flexibility index (Phi) is 3.50. The van der Waals surface area contributed by atoms with Gasteiger partial charge >= 0.3 is 0 Å². The van der Waals surface area contributed by atoms with Gasteiger partial charge in [-0.3, -0.25) is 0 Å². The minimum Gasteiger partial charge on any atom is -0.393 e. The summed E-state index contributed by atoms with van der Waals surface area (Å²) in [5.74, 6) is 0. The zero-order valence-electron chi connectivity index (χ0n) is 6.59. The van der Waals surface area contributed by atoms with Gasteiger partial charge in [-0.1, -0.05) is 36.0 Å². The van der Waals surface area contributed by atoms with Crippen LogP contribution in [-0.2, 0) is 6.42 Å². The molecule has 1 rings (SSSR count). The van der Waals surface area contributed by atoms with Crippen molar-refractivity contribution in [1.82, 2.24) is 0 Å². The number of nitrogens with two attached hydrogens (primary N) is 1. The highest BCUT2D eigenvalue weighted by molar-refractivity contribution is 7.80. The fourth-order valence-corrected chi connectivity index (χ4v) is 1.27. The van der Waals surface area contributed by atoms with Crippen molar-refractivity contribution >= 4 is 28.8 Å². The van der Waals surface area contributed by atoms with Crippen LogP contribution in [0.1, 0.15) is 12.0 Å². The predicted molar refractivity (Wildman–Crippen MR) is 56.6 cm³/mol. The van der Waals surface area contributed by atoms with Gasteiger partial charge in [-0.15, -0.1) is 0 Å². The molecule has 0 aliphatic carbocycles. The van der Waals surface area contributed by atoms with Crippen LogP contribution < -0.4 is 5.73 Å². The third-order valence-corrected chi connectivity index (χ3v) is 1.99. The topological polar surface area (TPSA) is 26.0 Å². The predicted octanol–water partition coefficient (Wildman–Crippen LogP) is 2.56. The van der Waals surface area contributed by atoms with Gasteiger partial charge in [-0.25, -0.2) is 0 Å². The third-order valence-electron chi connectivity index (χ3n) is 1.55. The Labute approximate surface area is 82.5 Å². The van der Waals surface area contributed by atoms with Crippen LogP contribution in [0.2, 0.25) is 5.02 Å². The minimum absolute atomic E-state index is 0.551. The van der Waals surface area contributed by atoms with Crippen molar-refractivity contribution < 1.29 is 0 Å². The van der Waals surface area contributed by atoms with E-state index in [2.05, 4.69) is 0 Å². The first-order chi connectivity index (χ1) is 5.68. The molecule has 0 aliphatic heterocycles. The first-order valence-electron chi connectivity index (χ1n) is 3.71. The third kappa shape index (κ3) is 3.20. The second-order valence-corrected chi connectivity index (χ2v) is 3.56. The van der Waals surface area contributed by atoms with Gasteiger partial charge in [-0.2, -0.15) is 0 Å². The summed E-state index contributed by atoms with van der Waals surface area (Å²) in [5.41, 5.74) is 6.55. The van der Waals surface area contributed by atoms with E-state index < -0.39 is 0 Å². The summed E-state index contributed by atoms with van der Waals surface area (Å²) in [5, 5.41) is 0.760. The maximum atomic E-state index is 5.80. The Morgan fingerprint density at radius 2 is 2.25 bits per heavy atom. The first kappa shape index (κ1) is 9.49. The number of hydrogen-bond acceptors (Lipinski definition) is 1. The molecule has 0 aliphatic rings. The summed E-state index contributed by atoms with van der Waals surface area (Å²) in [7, 11) is 0. The second-order valence-electron chi connectivity index (χ2n) is 2.60. The lowest BCUT2D eigenvalue weighted by atomic mass is 10.1. The van der Waals surface area contributed by atoms with E-state index in [4.69, 9.17) is 29.6 Å². The van der Waals surface area contributed by atoms with Gasteiger partial charge in [-0.05, 0) is 24.1 Å². The number of aryl methyl sites for hydroxylation is 1. The van der Waals surface area contributed by atoms with Gasteiger partial charge in [0.25, 0.3) is 0 Å². The van der Waals surface area contributed by atoms with Crippen molar-refractivity contribution in [3.63, 3.8) is 0 Å². The van der Waals surface area contributed by atoms with E-state index in [9.17, 15) is 0 Å². The van der Waals surface area contributed by atoms with Crippen LogP contribution >= 0.6 is 23.8 Å². The summed E-state index contributed by atoms with van der Waals surface area (Å²) in [6.45, 7) is 0. The molecule has 0 spiro atoms. The quantitative estimate of drug-likeness (QED) is 0.758. The van der Waals surface area contributed by atoms with Gasteiger partial charge in [0.05, 0.1) is 4.99 Å². The smallest absolute Gasteiger partial charge is 0.0730 e. The fraction of sp³-hybridized carbons (Fsp3) is 0.222. The Morgan fingerprint density at radius 3 is 2.83 bits per heavy atom. The van der Waals surface area contributed by atoms with Crippen LogP contribution in [0.25, 0.3) is 0 Å². The lowest BCUT2D eigenvalue weighted by molar-refractivity contribution is 1.04. The highest BCUT2D eigenvalue weighted by atomic mass is 35.5. The number of thiocarbonyl (C=S) groups is 1. The van der Waals surface area contributed by atoms with E-state index in [1.54, 1.807) is 0 Å². The maximum absolute atomic E-state index is 5.80. The minimum atomic E-state index is 0.551. The van der Waals surface area contributed by atoms with E-state index in [0.29, 0.717) is 4.99 Å². The Morgan fingerprint density at radius 1 is 1.50 bits per heavy atom. The summed E-state index contributed by atoms with van der Waals surface area (Å²) >= 11 is 10.6. The van der Waals surface area contributed by atoms with E-state index in [1.165, 1.54) is 5.56 Å². The van der Waals surface area contributed by atoms with Gasteiger partial charge in [0, 0.05) is 11.4 Å². The standard InChI is InChI=1S/C9H10ClNS/c10-8-3-1-2-7(6-8)4-5-9(11)12/h1-3,6H,4-5H2,(H2,11,12). The molecule has 0 aromatic heterocycles.